The highest BCUT2D eigenvalue weighted by Crippen LogP contribution is 2.21. The highest BCUT2D eigenvalue weighted by atomic mass is 16.7. The maximum atomic E-state index is 10.6. The summed E-state index contributed by atoms with van der Waals surface area (Å²) in [5.74, 6) is -0.654. The van der Waals surface area contributed by atoms with Crippen molar-refractivity contribution in [2.45, 2.75) is 44.6 Å². The summed E-state index contributed by atoms with van der Waals surface area (Å²) in [5.41, 5.74) is 0. The van der Waals surface area contributed by atoms with E-state index >= 15 is 0 Å². The van der Waals surface area contributed by atoms with Gasteiger partial charge in [-0.3, -0.25) is 4.79 Å². The fraction of sp³-hybridized carbons (Fsp3) is 0.875. The summed E-state index contributed by atoms with van der Waals surface area (Å²) in [7, 11) is 0. The van der Waals surface area contributed by atoms with Crippen molar-refractivity contribution in [3.63, 3.8) is 0 Å². The number of esters is 1. The Morgan fingerprint density at radius 1 is 1.29 bits per heavy atom. The zero-order chi connectivity index (χ0) is 10.9. The van der Waals surface area contributed by atoms with Crippen LogP contribution in [0.15, 0.2) is 0 Å². The van der Waals surface area contributed by atoms with Crippen LogP contribution >= 0.6 is 0 Å². The van der Waals surface area contributed by atoms with E-state index in [1.54, 1.807) is 0 Å². The molecule has 6 heteroatoms. The van der Waals surface area contributed by atoms with E-state index in [1.165, 1.54) is 6.92 Å². The largest absolute Gasteiger partial charge is 0.454 e. The number of hydrogen-bond acceptors (Lipinski definition) is 6. The van der Waals surface area contributed by atoms with Gasteiger partial charge in [0.25, 0.3) is 0 Å². The molecule has 82 valence electrons. The zero-order valence-electron chi connectivity index (χ0n) is 7.95. The molecule has 0 saturated carbocycles. The monoisotopic (exact) mass is 206 g/mol. The van der Waals surface area contributed by atoms with Gasteiger partial charge < -0.3 is 24.8 Å². The smallest absolute Gasteiger partial charge is 0.303 e. The molecule has 1 fully saturated rings. The van der Waals surface area contributed by atoms with Crippen molar-refractivity contribution >= 4 is 5.97 Å². The highest BCUT2D eigenvalue weighted by molar-refractivity contribution is 5.66. The maximum Gasteiger partial charge on any atom is 0.303 e. The van der Waals surface area contributed by atoms with Crippen molar-refractivity contribution in [2.24, 2.45) is 0 Å². The van der Waals surface area contributed by atoms with E-state index < -0.39 is 36.7 Å². The third-order valence-electron chi connectivity index (χ3n) is 2.10. The number of aliphatic hydroxyl groups is 3. The third kappa shape index (κ3) is 2.21. The number of aliphatic hydroxyl groups excluding tert-OH is 3. The Hall–Kier alpha value is -0.690. The molecular formula is C8H14O6. The van der Waals surface area contributed by atoms with Gasteiger partial charge >= 0.3 is 5.97 Å². The van der Waals surface area contributed by atoms with E-state index in [4.69, 9.17) is 4.74 Å². The summed E-state index contributed by atoms with van der Waals surface area (Å²) in [6.45, 7) is 2.64. The Balaban J connectivity index is 2.68. The van der Waals surface area contributed by atoms with Crippen LogP contribution in [0.3, 0.4) is 0 Å². The molecule has 5 atom stereocenters. The van der Waals surface area contributed by atoms with Crippen LogP contribution < -0.4 is 0 Å². The minimum atomic E-state index is -1.41. The second-order valence-corrected chi connectivity index (χ2v) is 3.29. The average molecular weight is 206 g/mol. The van der Waals surface area contributed by atoms with Gasteiger partial charge in [0, 0.05) is 6.92 Å². The predicted octanol–water partition coefficient (Wildman–Crippen LogP) is -1.62. The Bertz CT molecular complexity index is 218. The molecule has 6 nitrogen and oxygen atoms in total. The Kier molecular flexibility index (Phi) is 3.43. The fourth-order valence-corrected chi connectivity index (χ4v) is 1.34. The number of hydrogen-bond donors (Lipinski definition) is 3. The lowest BCUT2D eigenvalue weighted by Gasteiger charge is -2.38. The molecule has 1 heterocycles. The molecule has 0 aromatic rings. The standard InChI is InChI=1S/C8H14O6/c1-3-5(10)6(11)7(8(12)13-3)14-4(2)9/h3,5-8,10-12H,1-2H3/t3-,5+,6+,7-,8+/m1/s1. The summed E-state index contributed by atoms with van der Waals surface area (Å²) in [6.07, 6.45) is -5.86. The average Bonchev–Trinajstić information content (AvgIpc) is 2.09. The summed E-state index contributed by atoms with van der Waals surface area (Å²) < 4.78 is 9.46. The number of carbonyl (C=O) groups is 1. The van der Waals surface area contributed by atoms with E-state index in [0.29, 0.717) is 0 Å². The molecule has 0 unspecified atom stereocenters. The molecule has 0 aromatic carbocycles. The van der Waals surface area contributed by atoms with Crippen molar-refractivity contribution in [3.05, 3.63) is 0 Å². The quantitative estimate of drug-likeness (QED) is 0.446. The Morgan fingerprint density at radius 2 is 1.86 bits per heavy atom. The van der Waals surface area contributed by atoms with Gasteiger partial charge in [-0.05, 0) is 6.92 Å². The van der Waals surface area contributed by atoms with Gasteiger partial charge in [0.05, 0.1) is 6.10 Å². The van der Waals surface area contributed by atoms with Crippen molar-refractivity contribution in [1.29, 1.82) is 0 Å². The fourth-order valence-electron chi connectivity index (χ4n) is 1.34. The normalized spacial score (nSPS) is 43.4. The molecule has 1 saturated heterocycles. The van der Waals surface area contributed by atoms with E-state index in [-0.39, 0.29) is 0 Å². The van der Waals surface area contributed by atoms with Gasteiger partial charge in [0.15, 0.2) is 12.4 Å². The highest BCUT2D eigenvalue weighted by Gasteiger charge is 2.43. The van der Waals surface area contributed by atoms with E-state index in [1.807, 2.05) is 0 Å². The van der Waals surface area contributed by atoms with Crippen LogP contribution in [-0.4, -0.2) is 52.0 Å². The van der Waals surface area contributed by atoms with Crippen LogP contribution in [0.25, 0.3) is 0 Å². The van der Waals surface area contributed by atoms with Gasteiger partial charge in [-0.1, -0.05) is 0 Å². The molecule has 0 aliphatic carbocycles. The minimum Gasteiger partial charge on any atom is -0.454 e. The third-order valence-corrected chi connectivity index (χ3v) is 2.10. The van der Waals surface area contributed by atoms with Crippen molar-refractivity contribution in [3.8, 4) is 0 Å². The van der Waals surface area contributed by atoms with E-state index in [0.717, 1.165) is 6.92 Å². The van der Waals surface area contributed by atoms with Crippen LogP contribution in [0.4, 0.5) is 0 Å². The lowest BCUT2D eigenvalue weighted by Crippen LogP contribution is -2.57. The molecule has 1 aliphatic heterocycles. The first-order valence-electron chi connectivity index (χ1n) is 4.30. The topological polar surface area (TPSA) is 96.2 Å². The SMILES string of the molecule is CC(=O)O[C@@H]1[C@@H](O)[C@@H](O)[C@@H](C)O[C@@H]1O. The van der Waals surface area contributed by atoms with Crippen molar-refractivity contribution in [1.82, 2.24) is 0 Å². The summed E-state index contributed by atoms with van der Waals surface area (Å²) in [6, 6.07) is 0. The first kappa shape index (κ1) is 11.4. The molecule has 3 N–H and O–H groups in total. The number of carbonyl (C=O) groups excluding carboxylic acids is 1. The van der Waals surface area contributed by atoms with Gasteiger partial charge in [0.1, 0.15) is 12.2 Å². The van der Waals surface area contributed by atoms with Crippen LogP contribution in [0.2, 0.25) is 0 Å². The van der Waals surface area contributed by atoms with Gasteiger partial charge in [-0.25, -0.2) is 0 Å². The Morgan fingerprint density at radius 3 is 2.36 bits per heavy atom. The van der Waals surface area contributed by atoms with Crippen molar-refractivity contribution < 1.29 is 29.6 Å². The number of ether oxygens (including phenoxy) is 2. The van der Waals surface area contributed by atoms with Gasteiger partial charge in [-0.15, -0.1) is 0 Å². The van der Waals surface area contributed by atoms with Crippen molar-refractivity contribution in [2.75, 3.05) is 0 Å². The molecule has 0 radical (unpaired) electrons. The molecule has 1 rings (SSSR count). The molecule has 14 heavy (non-hydrogen) atoms. The second kappa shape index (κ2) is 4.22. The van der Waals surface area contributed by atoms with Gasteiger partial charge in [-0.2, -0.15) is 0 Å². The molecule has 0 aromatic heterocycles. The van der Waals surface area contributed by atoms with E-state index in [9.17, 15) is 20.1 Å². The lowest BCUT2D eigenvalue weighted by molar-refractivity contribution is -0.282. The van der Waals surface area contributed by atoms with Crippen LogP contribution in [0, 0.1) is 0 Å². The molecule has 0 bridgehead atoms. The Labute approximate surface area is 81.1 Å². The first-order chi connectivity index (χ1) is 6.43. The molecule has 1 aliphatic rings. The lowest BCUT2D eigenvalue weighted by atomic mass is 10.00. The molecule has 0 amide bonds. The van der Waals surface area contributed by atoms with Crippen LogP contribution in [0.5, 0.6) is 0 Å². The second-order valence-electron chi connectivity index (χ2n) is 3.29. The van der Waals surface area contributed by atoms with E-state index in [2.05, 4.69) is 4.74 Å². The summed E-state index contributed by atoms with van der Waals surface area (Å²) in [5, 5.41) is 28.1. The van der Waals surface area contributed by atoms with Gasteiger partial charge in [0.2, 0.25) is 0 Å². The summed E-state index contributed by atoms with van der Waals surface area (Å²) in [4.78, 5) is 10.6. The maximum absolute atomic E-state index is 10.6. The van der Waals surface area contributed by atoms with Crippen LogP contribution in [-0.2, 0) is 14.3 Å². The predicted molar refractivity (Wildman–Crippen MR) is 44.1 cm³/mol. The zero-order valence-corrected chi connectivity index (χ0v) is 7.95. The van der Waals surface area contributed by atoms with Crippen LogP contribution in [0.1, 0.15) is 13.8 Å². The molecule has 0 spiro atoms. The minimum absolute atomic E-state index is 0.654. The first-order valence-corrected chi connectivity index (χ1v) is 4.30. The summed E-state index contributed by atoms with van der Waals surface area (Å²) >= 11 is 0. The molecular weight excluding hydrogens is 192 g/mol. The number of rotatable bonds is 1.